The average Bonchev–Trinajstić information content (AvgIpc) is 3.15. The first-order valence-corrected chi connectivity index (χ1v) is 11.6. The minimum absolute atomic E-state index is 0.135. The van der Waals surface area contributed by atoms with Gasteiger partial charge in [0.25, 0.3) is 5.91 Å². The quantitative estimate of drug-likeness (QED) is 0.388. The van der Waals surface area contributed by atoms with Gasteiger partial charge in [-0.25, -0.2) is 0 Å². The van der Waals surface area contributed by atoms with Gasteiger partial charge in [0.2, 0.25) is 5.76 Å². The third-order valence-electron chi connectivity index (χ3n) is 6.60. The zero-order chi connectivity index (χ0) is 24.7. The van der Waals surface area contributed by atoms with E-state index in [9.17, 15) is 9.59 Å². The summed E-state index contributed by atoms with van der Waals surface area (Å²) in [6.07, 6.45) is 0.579. The van der Waals surface area contributed by atoms with E-state index >= 15 is 0 Å². The highest BCUT2D eigenvalue weighted by Crippen LogP contribution is 2.39. The molecule has 1 aliphatic rings. The highest BCUT2D eigenvalue weighted by atomic mass is 16.5. The second-order valence-electron chi connectivity index (χ2n) is 8.88. The van der Waals surface area contributed by atoms with Crippen LogP contribution >= 0.6 is 0 Å². The van der Waals surface area contributed by atoms with Gasteiger partial charge in [0.15, 0.2) is 16.9 Å². The molecule has 1 amide bonds. The second kappa shape index (κ2) is 8.95. The van der Waals surface area contributed by atoms with Crippen LogP contribution in [-0.2, 0) is 6.42 Å². The van der Waals surface area contributed by atoms with E-state index in [2.05, 4.69) is 0 Å². The molecule has 178 valence electrons. The van der Waals surface area contributed by atoms with E-state index in [0.717, 1.165) is 22.3 Å². The summed E-state index contributed by atoms with van der Waals surface area (Å²) in [6, 6.07) is 18.7. The lowest BCUT2D eigenvalue weighted by molar-refractivity contribution is 0.0730. The third-order valence-corrected chi connectivity index (χ3v) is 6.60. The number of rotatable bonds is 6. The summed E-state index contributed by atoms with van der Waals surface area (Å²) in [4.78, 5) is 29.1. The van der Waals surface area contributed by atoms with Gasteiger partial charge in [-0.1, -0.05) is 42.5 Å². The Kier molecular flexibility index (Phi) is 5.81. The van der Waals surface area contributed by atoms with Crippen molar-refractivity contribution in [1.29, 1.82) is 0 Å². The Morgan fingerprint density at radius 1 is 0.914 bits per heavy atom. The topological polar surface area (TPSA) is 69.0 Å². The lowest BCUT2D eigenvalue weighted by Gasteiger charge is -2.25. The van der Waals surface area contributed by atoms with Crippen LogP contribution in [0.2, 0.25) is 0 Å². The third kappa shape index (κ3) is 3.85. The average molecular weight is 470 g/mol. The van der Waals surface area contributed by atoms with E-state index in [1.807, 2.05) is 74.5 Å². The van der Waals surface area contributed by atoms with Crippen LogP contribution in [0.4, 0.5) is 0 Å². The van der Waals surface area contributed by atoms with Crippen LogP contribution in [0, 0.1) is 13.8 Å². The molecule has 35 heavy (non-hydrogen) atoms. The zero-order valence-electron chi connectivity index (χ0n) is 20.3. The molecular weight excluding hydrogens is 442 g/mol. The summed E-state index contributed by atoms with van der Waals surface area (Å²) in [5.74, 6) is 1.15. The summed E-state index contributed by atoms with van der Waals surface area (Å²) < 4.78 is 16.9. The van der Waals surface area contributed by atoms with Crippen molar-refractivity contribution in [3.63, 3.8) is 0 Å². The maximum Gasteiger partial charge on any atom is 0.290 e. The fourth-order valence-corrected chi connectivity index (χ4v) is 4.97. The number of nitrogens with zero attached hydrogens (tertiary/aromatic N) is 1. The smallest absolute Gasteiger partial charge is 0.290 e. The number of hydrogen-bond donors (Lipinski definition) is 0. The van der Waals surface area contributed by atoms with Crippen LogP contribution in [-0.4, -0.2) is 31.6 Å². The Morgan fingerprint density at radius 2 is 1.66 bits per heavy atom. The van der Waals surface area contributed by atoms with Crippen molar-refractivity contribution in [3.05, 3.63) is 104 Å². The van der Waals surface area contributed by atoms with Crippen molar-refractivity contribution in [2.45, 2.75) is 26.3 Å². The fourth-order valence-electron chi connectivity index (χ4n) is 4.97. The van der Waals surface area contributed by atoms with Gasteiger partial charge in [-0.05, 0) is 60.7 Å². The molecule has 0 fully saturated rings. The second-order valence-corrected chi connectivity index (χ2v) is 8.88. The molecule has 0 saturated carbocycles. The molecule has 1 aromatic heterocycles. The number of amides is 1. The molecule has 0 spiro atoms. The molecule has 2 heterocycles. The predicted molar refractivity (Wildman–Crippen MR) is 135 cm³/mol. The van der Waals surface area contributed by atoms with Crippen molar-refractivity contribution >= 4 is 16.9 Å². The molecule has 0 bridgehead atoms. The number of carbonyl (C=O) groups is 1. The molecule has 3 aromatic carbocycles. The van der Waals surface area contributed by atoms with Crippen LogP contribution in [0.15, 0.2) is 69.9 Å². The number of fused-ring (bicyclic) bond motifs is 2. The zero-order valence-corrected chi connectivity index (χ0v) is 20.3. The number of carbonyl (C=O) groups excluding carboxylic acids is 1. The lowest BCUT2D eigenvalue weighted by Crippen LogP contribution is -2.31. The van der Waals surface area contributed by atoms with Crippen LogP contribution in [0.3, 0.4) is 0 Å². The van der Waals surface area contributed by atoms with E-state index in [1.54, 1.807) is 19.1 Å². The minimum atomic E-state index is -0.514. The van der Waals surface area contributed by atoms with Gasteiger partial charge in [0.1, 0.15) is 5.58 Å². The van der Waals surface area contributed by atoms with E-state index in [-0.39, 0.29) is 17.1 Å². The first kappa shape index (κ1) is 22.7. The van der Waals surface area contributed by atoms with E-state index in [1.165, 1.54) is 0 Å². The van der Waals surface area contributed by atoms with Gasteiger partial charge >= 0.3 is 0 Å². The van der Waals surface area contributed by atoms with E-state index < -0.39 is 6.04 Å². The molecule has 6 nitrogen and oxygen atoms in total. The molecule has 5 rings (SSSR count). The molecule has 1 unspecified atom stereocenters. The Balaban J connectivity index is 1.60. The van der Waals surface area contributed by atoms with Crippen molar-refractivity contribution in [2.24, 2.45) is 0 Å². The molecule has 0 aliphatic carbocycles. The molecule has 6 heteroatoms. The first-order valence-electron chi connectivity index (χ1n) is 11.6. The summed E-state index contributed by atoms with van der Waals surface area (Å²) in [5, 5.41) is 0.511. The summed E-state index contributed by atoms with van der Waals surface area (Å²) in [5.41, 5.74) is 4.43. The molecule has 0 radical (unpaired) electrons. The minimum Gasteiger partial charge on any atom is -0.493 e. The Hall–Kier alpha value is -4.06. The van der Waals surface area contributed by atoms with Crippen molar-refractivity contribution in [3.8, 4) is 11.5 Å². The summed E-state index contributed by atoms with van der Waals surface area (Å²) in [6.45, 7) is 4.26. The highest BCUT2D eigenvalue weighted by molar-refractivity contribution is 5.99. The van der Waals surface area contributed by atoms with Crippen molar-refractivity contribution in [2.75, 3.05) is 20.8 Å². The molecule has 4 aromatic rings. The number of hydrogen-bond acceptors (Lipinski definition) is 5. The Bertz CT molecular complexity index is 1490. The number of methoxy groups -OCH3 is 2. The van der Waals surface area contributed by atoms with Gasteiger partial charge in [0, 0.05) is 6.54 Å². The molecule has 1 atom stereocenters. The van der Waals surface area contributed by atoms with E-state index in [4.69, 9.17) is 13.9 Å². The predicted octanol–water partition coefficient (Wildman–Crippen LogP) is 5.21. The molecule has 1 aliphatic heterocycles. The monoisotopic (exact) mass is 469 g/mol. The van der Waals surface area contributed by atoms with Crippen LogP contribution in [0.25, 0.3) is 11.0 Å². The largest absolute Gasteiger partial charge is 0.493 e. The molecule has 0 N–H and O–H groups in total. The van der Waals surface area contributed by atoms with Gasteiger partial charge in [-0.3, -0.25) is 9.59 Å². The van der Waals surface area contributed by atoms with Crippen LogP contribution < -0.4 is 14.9 Å². The van der Waals surface area contributed by atoms with Gasteiger partial charge in [-0.2, -0.15) is 0 Å². The SMILES string of the molecule is COc1ccc(CCN2C(=O)c3oc4c(C)cc(C)cc4c(=O)c3C2c2ccccc2)cc1OC. The highest BCUT2D eigenvalue weighted by Gasteiger charge is 2.42. The summed E-state index contributed by atoms with van der Waals surface area (Å²) >= 11 is 0. The first-order chi connectivity index (χ1) is 16.9. The number of aryl methyl sites for hydroxylation is 2. The standard InChI is InChI=1S/C29H27NO5/c1-17-14-18(2)27-21(15-17)26(31)24-25(20-8-6-5-7-9-20)30(29(32)28(24)35-27)13-12-19-10-11-22(33-3)23(16-19)34-4/h5-11,14-16,25H,12-13H2,1-4H3. The Morgan fingerprint density at radius 3 is 2.37 bits per heavy atom. The van der Waals surface area contributed by atoms with Crippen molar-refractivity contribution in [1.82, 2.24) is 4.90 Å². The number of ether oxygens (including phenoxy) is 2. The van der Waals surface area contributed by atoms with Crippen molar-refractivity contribution < 1.29 is 18.7 Å². The Labute approximate surface area is 203 Å². The van der Waals surface area contributed by atoms with Crippen LogP contribution in [0.1, 0.15) is 44.4 Å². The summed E-state index contributed by atoms with van der Waals surface area (Å²) in [7, 11) is 3.19. The normalized spacial score (nSPS) is 14.9. The van der Waals surface area contributed by atoms with Gasteiger partial charge in [0.05, 0.1) is 31.2 Å². The molecular formula is C29H27NO5. The fraction of sp³-hybridized carbons (Fsp3) is 0.241. The van der Waals surface area contributed by atoms with Gasteiger partial charge < -0.3 is 18.8 Å². The maximum atomic E-state index is 13.8. The van der Waals surface area contributed by atoms with E-state index in [0.29, 0.717) is 41.0 Å². The lowest BCUT2D eigenvalue weighted by atomic mass is 9.97. The van der Waals surface area contributed by atoms with Gasteiger partial charge in [-0.15, -0.1) is 0 Å². The molecule has 0 saturated heterocycles. The number of benzene rings is 3. The van der Waals surface area contributed by atoms with Crippen LogP contribution in [0.5, 0.6) is 11.5 Å². The maximum absolute atomic E-state index is 13.8.